The molecule has 0 fully saturated rings. The summed E-state index contributed by atoms with van der Waals surface area (Å²) in [5, 5.41) is 21.8. The summed E-state index contributed by atoms with van der Waals surface area (Å²) in [5.74, 6) is -0.583. The molecule has 0 saturated heterocycles. The quantitative estimate of drug-likeness (QED) is 0.600. The van der Waals surface area contributed by atoms with Crippen LogP contribution in [0.3, 0.4) is 0 Å². The number of phenolic OH excluding ortho intramolecular Hbond substituents is 1. The van der Waals surface area contributed by atoms with Crippen LogP contribution in [-0.4, -0.2) is 18.4 Å². The molecule has 0 amide bonds. The van der Waals surface area contributed by atoms with Crippen LogP contribution in [0.2, 0.25) is 0 Å². The molecular formula is C11H9BrN2O5S2. The highest BCUT2D eigenvalue weighted by molar-refractivity contribution is 9.10. The summed E-state index contributed by atoms with van der Waals surface area (Å²) in [6, 6.07) is 4.70. The van der Waals surface area contributed by atoms with Gasteiger partial charge in [0.15, 0.2) is 5.75 Å². The van der Waals surface area contributed by atoms with Crippen molar-refractivity contribution < 1.29 is 18.4 Å². The van der Waals surface area contributed by atoms with E-state index in [9.17, 15) is 23.6 Å². The van der Waals surface area contributed by atoms with Gasteiger partial charge in [-0.05, 0) is 39.5 Å². The number of nitro groups is 1. The van der Waals surface area contributed by atoms with Crippen LogP contribution in [0.1, 0.15) is 4.88 Å². The molecule has 2 N–H and O–H groups in total. The van der Waals surface area contributed by atoms with Gasteiger partial charge in [0.25, 0.3) is 0 Å². The molecule has 1 heterocycles. The first kappa shape index (κ1) is 15.9. The lowest BCUT2D eigenvalue weighted by molar-refractivity contribution is -0.386. The highest BCUT2D eigenvalue weighted by atomic mass is 79.9. The minimum absolute atomic E-state index is 0.0647. The minimum atomic E-state index is -3.91. The van der Waals surface area contributed by atoms with E-state index >= 15 is 0 Å². The van der Waals surface area contributed by atoms with E-state index < -0.39 is 26.4 Å². The van der Waals surface area contributed by atoms with Gasteiger partial charge in [0.2, 0.25) is 10.0 Å². The van der Waals surface area contributed by atoms with E-state index in [0.717, 1.165) is 27.5 Å². The minimum Gasteiger partial charge on any atom is -0.502 e. The first-order valence-corrected chi connectivity index (χ1v) is 8.66. The molecule has 2 rings (SSSR count). The number of sulfonamides is 1. The number of phenols is 1. The van der Waals surface area contributed by atoms with Crippen LogP contribution in [0.4, 0.5) is 5.69 Å². The normalized spacial score (nSPS) is 11.5. The van der Waals surface area contributed by atoms with E-state index in [0.29, 0.717) is 0 Å². The fourth-order valence-corrected chi connectivity index (χ4v) is 4.05. The molecule has 0 unspecified atom stereocenters. The Kier molecular flexibility index (Phi) is 4.61. The third-order valence-electron chi connectivity index (χ3n) is 2.57. The zero-order chi connectivity index (χ0) is 15.6. The molecule has 0 atom stereocenters. The Hall–Kier alpha value is -1.49. The number of hydrogen-bond acceptors (Lipinski definition) is 6. The summed E-state index contributed by atoms with van der Waals surface area (Å²) < 4.78 is 27.3. The second kappa shape index (κ2) is 6.10. The number of nitro benzene ring substituents is 1. The van der Waals surface area contributed by atoms with Gasteiger partial charge < -0.3 is 5.11 Å². The Bertz CT molecular complexity index is 788. The fraction of sp³-hybridized carbons (Fsp3) is 0.0909. The zero-order valence-corrected chi connectivity index (χ0v) is 13.5. The van der Waals surface area contributed by atoms with E-state index in [4.69, 9.17) is 0 Å². The van der Waals surface area contributed by atoms with Gasteiger partial charge in [-0.2, -0.15) is 0 Å². The van der Waals surface area contributed by atoms with Gasteiger partial charge in [-0.15, -0.1) is 11.3 Å². The van der Waals surface area contributed by atoms with E-state index in [2.05, 4.69) is 20.7 Å². The second-order valence-corrected chi connectivity index (χ2v) is 7.55. The molecule has 0 aliphatic heterocycles. The molecule has 112 valence electrons. The van der Waals surface area contributed by atoms with Crippen LogP contribution in [0.25, 0.3) is 0 Å². The number of thiophene rings is 1. The molecule has 10 heteroatoms. The van der Waals surface area contributed by atoms with Crippen LogP contribution in [0.15, 0.2) is 39.0 Å². The molecule has 0 bridgehead atoms. The fourth-order valence-electron chi connectivity index (χ4n) is 1.51. The van der Waals surface area contributed by atoms with Crippen molar-refractivity contribution in [2.45, 2.75) is 11.4 Å². The average molecular weight is 393 g/mol. The highest BCUT2D eigenvalue weighted by Gasteiger charge is 2.21. The lowest BCUT2D eigenvalue weighted by atomic mass is 10.3. The van der Waals surface area contributed by atoms with Crippen molar-refractivity contribution in [2.75, 3.05) is 0 Å². The highest BCUT2D eigenvalue weighted by Crippen LogP contribution is 2.28. The molecule has 0 aliphatic rings. The van der Waals surface area contributed by atoms with Gasteiger partial charge >= 0.3 is 5.69 Å². The van der Waals surface area contributed by atoms with Crippen LogP contribution < -0.4 is 4.72 Å². The number of aromatic hydroxyl groups is 1. The smallest absolute Gasteiger partial charge is 0.312 e. The number of benzene rings is 1. The van der Waals surface area contributed by atoms with E-state index in [1.807, 2.05) is 0 Å². The lowest BCUT2D eigenvalue weighted by Gasteiger charge is -2.06. The maximum absolute atomic E-state index is 12.1. The third kappa shape index (κ3) is 3.59. The SMILES string of the molecule is O=[N+]([O-])c1cc(S(=O)(=O)NCc2sccc2Br)ccc1O. The predicted octanol–water partition coefficient (Wildman–Crippen LogP) is 2.60. The van der Waals surface area contributed by atoms with Gasteiger partial charge in [-0.1, -0.05) is 0 Å². The number of hydrogen-bond donors (Lipinski definition) is 2. The van der Waals surface area contributed by atoms with Crippen molar-refractivity contribution >= 4 is 43.0 Å². The van der Waals surface area contributed by atoms with Crippen LogP contribution in [0, 0.1) is 10.1 Å². The number of rotatable bonds is 5. The first-order valence-electron chi connectivity index (χ1n) is 5.50. The largest absolute Gasteiger partial charge is 0.502 e. The second-order valence-electron chi connectivity index (χ2n) is 3.92. The maximum atomic E-state index is 12.1. The molecule has 0 radical (unpaired) electrons. The number of nitrogens with zero attached hydrogens (tertiary/aromatic N) is 1. The monoisotopic (exact) mass is 392 g/mol. The summed E-state index contributed by atoms with van der Waals surface area (Å²) in [7, 11) is -3.91. The Morgan fingerprint density at radius 2 is 2.10 bits per heavy atom. The van der Waals surface area contributed by atoms with Crippen LogP contribution >= 0.6 is 27.3 Å². The number of nitrogens with one attached hydrogen (secondary N) is 1. The molecule has 2 aromatic rings. The Morgan fingerprint density at radius 3 is 2.67 bits per heavy atom. The van der Waals surface area contributed by atoms with Crippen molar-refractivity contribution in [3.63, 3.8) is 0 Å². The average Bonchev–Trinajstić information content (AvgIpc) is 2.82. The van der Waals surface area contributed by atoms with Crippen LogP contribution in [0.5, 0.6) is 5.75 Å². The Labute approximate surface area is 132 Å². The summed E-state index contributed by atoms with van der Waals surface area (Å²) >= 11 is 4.66. The molecule has 7 nitrogen and oxygen atoms in total. The summed E-state index contributed by atoms with van der Waals surface area (Å²) in [4.78, 5) is 10.4. The van der Waals surface area contributed by atoms with Gasteiger partial charge in [0, 0.05) is 22.0 Å². The van der Waals surface area contributed by atoms with Crippen molar-refractivity contribution in [3.8, 4) is 5.75 Å². The zero-order valence-electron chi connectivity index (χ0n) is 10.3. The first-order chi connectivity index (χ1) is 9.81. The molecule has 0 saturated carbocycles. The third-order valence-corrected chi connectivity index (χ3v) is 5.89. The van der Waals surface area contributed by atoms with Crippen molar-refractivity contribution in [1.29, 1.82) is 0 Å². The predicted molar refractivity (Wildman–Crippen MR) is 80.8 cm³/mol. The summed E-state index contributed by atoms with van der Waals surface area (Å²) in [6.45, 7) is 0.0647. The molecule has 1 aromatic carbocycles. The van der Waals surface area contributed by atoms with Gasteiger partial charge in [-0.3, -0.25) is 10.1 Å². The van der Waals surface area contributed by atoms with Gasteiger partial charge in [0.1, 0.15) is 0 Å². The van der Waals surface area contributed by atoms with Crippen molar-refractivity contribution in [3.05, 3.63) is 49.1 Å². The van der Waals surface area contributed by atoms with E-state index in [1.165, 1.54) is 11.3 Å². The molecule has 21 heavy (non-hydrogen) atoms. The van der Waals surface area contributed by atoms with Crippen molar-refractivity contribution in [1.82, 2.24) is 4.72 Å². The standard InChI is InChI=1S/C11H9BrN2O5S2/c12-8-3-4-20-11(8)6-13-21(18,19)7-1-2-10(15)9(5-7)14(16)17/h1-5,13,15H,6H2. The summed E-state index contributed by atoms with van der Waals surface area (Å²) in [6.07, 6.45) is 0. The Balaban J connectivity index is 2.26. The van der Waals surface area contributed by atoms with Crippen molar-refractivity contribution in [2.24, 2.45) is 0 Å². The Morgan fingerprint density at radius 1 is 1.38 bits per heavy atom. The van der Waals surface area contributed by atoms with Gasteiger partial charge in [0.05, 0.1) is 9.82 Å². The van der Waals surface area contributed by atoms with E-state index in [-0.39, 0.29) is 11.4 Å². The molecule has 0 spiro atoms. The van der Waals surface area contributed by atoms with Crippen LogP contribution in [-0.2, 0) is 16.6 Å². The lowest BCUT2D eigenvalue weighted by Crippen LogP contribution is -2.23. The topological polar surface area (TPSA) is 110 Å². The summed E-state index contributed by atoms with van der Waals surface area (Å²) in [5.41, 5.74) is -0.657. The van der Waals surface area contributed by atoms with E-state index in [1.54, 1.807) is 11.4 Å². The number of halogens is 1. The van der Waals surface area contributed by atoms with Gasteiger partial charge in [-0.25, -0.2) is 13.1 Å². The molecule has 1 aromatic heterocycles. The maximum Gasteiger partial charge on any atom is 0.312 e. The molecular weight excluding hydrogens is 384 g/mol. The molecule has 0 aliphatic carbocycles.